The van der Waals surface area contributed by atoms with Gasteiger partial charge in [-0.3, -0.25) is 9.55 Å². The van der Waals surface area contributed by atoms with Crippen LogP contribution in [-0.4, -0.2) is 19.5 Å². The Kier molecular flexibility index (Phi) is 5.29. The first-order valence-electron chi connectivity index (χ1n) is 14.9. The van der Waals surface area contributed by atoms with Crippen molar-refractivity contribution in [2.75, 3.05) is 0 Å². The van der Waals surface area contributed by atoms with E-state index in [0.29, 0.717) is 5.95 Å². The maximum Gasteiger partial charge on any atom is 0.235 e. The van der Waals surface area contributed by atoms with E-state index >= 15 is 0 Å². The first-order valence-corrected chi connectivity index (χ1v) is 16.5. The number of hydrogen-bond acceptors (Lipinski definition) is 5. The molecule has 0 spiro atoms. The molecule has 0 aliphatic rings. The fraction of sp³-hybridized carbons (Fsp3) is 0. The van der Waals surface area contributed by atoms with Crippen molar-refractivity contribution in [3.8, 4) is 28.3 Å². The summed E-state index contributed by atoms with van der Waals surface area (Å²) in [4.78, 5) is 14.9. The van der Waals surface area contributed by atoms with E-state index in [1.54, 1.807) is 6.20 Å². The van der Waals surface area contributed by atoms with Crippen molar-refractivity contribution in [3.05, 3.63) is 134 Å². The van der Waals surface area contributed by atoms with Gasteiger partial charge in [-0.05, 0) is 35.4 Å². The topological polar surface area (TPSA) is 43.6 Å². The van der Waals surface area contributed by atoms with E-state index in [0.717, 1.165) is 38.8 Å². The quantitative estimate of drug-likeness (QED) is 0.200. The van der Waals surface area contributed by atoms with Crippen molar-refractivity contribution in [3.63, 3.8) is 0 Å². The highest BCUT2D eigenvalue weighted by molar-refractivity contribution is 7.45. The van der Waals surface area contributed by atoms with Gasteiger partial charge in [-0.1, -0.05) is 97.1 Å². The van der Waals surface area contributed by atoms with Crippen molar-refractivity contribution < 1.29 is 0 Å². The summed E-state index contributed by atoms with van der Waals surface area (Å²) in [5.41, 5.74) is 7.39. The summed E-state index contributed by atoms with van der Waals surface area (Å²) in [7, 11) is 0. The predicted molar refractivity (Wildman–Crippen MR) is 191 cm³/mol. The molecule has 0 aliphatic heterocycles. The number of nitrogens with zero attached hydrogens (tertiary/aromatic N) is 4. The lowest BCUT2D eigenvalue weighted by Crippen LogP contribution is -2.03. The summed E-state index contributed by atoms with van der Waals surface area (Å²) < 4.78 is 6.24. The Balaban J connectivity index is 1.27. The van der Waals surface area contributed by atoms with E-state index in [2.05, 4.69) is 125 Å². The molecular weight excluding hydrogens is 589 g/mol. The van der Waals surface area contributed by atoms with Crippen LogP contribution in [-0.2, 0) is 0 Å². The van der Waals surface area contributed by atoms with E-state index in [9.17, 15) is 0 Å². The second kappa shape index (κ2) is 9.53. The van der Waals surface area contributed by atoms with Crippen LogP contribution in [0.4, 0.5) is 0 Å². The van der Waals surface area contributed by atoms with Crippen molar-refractivity contribution in [1.82, 2.24) is 19.5 Å². The zero-order valence-electron chi connectivity index (χ0n) is 23.8. The van der Waals surface area contributed by atoms with Gasteiger partial charge >= 0.3 is 0 Å². The fourth-order valence-corrected chi connectivity index (χ4v) is 9.44. The van der Waals surface area contributed by atoms with E-state index in [1.807, 2.05) is 34.9 Å². The molecule has 10 aromatic rings. The average Bonchev–Trinajstić information content (AvgIpc) is 3.76. The van der Waals surface area contributed by atoms with Crippen LogP contribution in [0.25, 0.3) is 90.6 Å². The van der Waals surface area contributed by atoms with Gasteiger partial charge in [0.25, 0.3) is 0 Å². The van der Waals surface area contributed by atoms with E-state index < -0.39 is 0 Å². The van der Waals surface area contributed by atoms with Crippen LogP contribution < -0.4 is 0 Å². The third kappa shape index (κ3) is 3.67. The standard InChI is InChI=1S/C39H22N4S2/c1-4-12-31-28(10-1)35(24-17-15-23(16-18-24)25-8-7-21-40-22-25)42-39(41-31)43-32-13-5-2-9-26(32)27-19-20-30-34-29-11-3-6-14-33(29)44-38(34)45-37(30)36(27)43/h1-22H. The van der Waals surface area contributed by atoms with Crippen LogP contribution >= 0.6 is 22.7 Å². The monoisotopic (exact) mass is 610 g/mol. The summed E-state index contributed by atoms with van der Waals surface area (Å²) in [5, 5.41) is 7.42. The molecule has 0 atom stereocenters. The molecular formula is C39H22N4S2. The molecule has 10 rings (SSSR count). The Morgan fingerprint density at radius 2 is 1.29 bits per heavy atom. The molecule has 0 saturated heterocycles. The summed E-state index contributed by atoms with van der Waals surface area (Å²) in [6, 6.07) is 42.9. The molecule has 0 bridgehead atoms. The Morgan fingerprint density at radius 1 is 0.533 bits per heavy atom. The van der Waals surface area contributed by atoms with Gasteiger partial charge in [0.1, 0.15) is 0 Å². The Morgan fingerprint density at radius 3 is 2.16 bits per heavy atom. The van der Waals surface area contributed by atoms with E-state index in [4.69, 9.17) is 9.97 Å². The van der Waals surface area contributed by atoms with Crippen LogP contribution in [0.3, 0.4) is 0 Å². The lowest BCUT2D eigenvalue weighted by atomic mass is 10.0. The SMILES string of the molecule is c1cncc(-c2ccc(-c3nc(-n4c5ccccc5c5ccc6c(sc7sc8ccccc8c76)c54)nc4ccccc34)cc2)c1. The number of hydrogen-bond donors (Lipinski definition) is 0. The smallest absolute Gasteiger partial charge is 0.235 e. The molecule has 0 saturated carbocycles. The second-order valence-corrected chi connectivity index (χ2v) is 13.6. The number of fused-ring (bicyclic) bond motifs is 10. The van der Waals surface area contributed by atoms with Crippen LogP contribution in [0.2, 0.25) is 0 Å². The van der Waals surface area contributed by atoms with Gasteiger partial charge in [-0.2, -0.15) is 0 Å². The number of benzene rings is 5. The summed E-state index contributed by atoms with van der Waals surface area (Å²) in [6.45, 7) is 0. The highest BCUT2D eigenvalue weighted by atomic mass is 32.2. The lowest BCUT2D eigenvalue weighted by molar-refractivity contribution is 1.02. The molecule has 0 unspecified atom stereocenters. The van der Waals surface area contributed by atoms with Crippen molar-refractivity contribution >= 4 is 85.0 Å². The van der Waals surface area contributed by atoms with Gasteiger partial charge in [0.2, 0.25) is 5.95 Å². The molecule has 210 valence electrons. The van der Waals surface area contributed by atoms with Gasteiger partial charge < -0.3 is 0 Å². The highest BCUT2D eigenvalue weighted by Gasteiger charge is 2.22. The van der Waals surface area contributed by atoms with Crippen molar-refractivity contribution in [2.24, 2.45) is 0 Å². The lowest BCUT2D eigenvalue weighted by Gasteiger charge is -2.12. The highest BCUT2D eigenvalue weighted by Crippen LogP contribution is 2.48. The van der Waals surface area contributed by atoms with E-state index in [-0.39, 0.29) is 0 Å². The van der Waals surface area contributed by atoms with Crippen molar-refractivity contribution in [1.29, 1.82) is 0 Å². The molecule has 6 heteroatoms. The molecule has 0 radical (unpaired) electrons. The van der Waals surface area contributed by atoms with Crippen molar-refractivity contribution in [2.45, 2.75) is 0 Å². The summed E-state index contributed by atoms with van der Waals surface area (Å²) >= 11 is 3.76. The molecule has 5 aromatic heterocycles. The zero-order chi connectivity index (χ0) is 29.5. The Bertz CT molecular complexity index is 2750. The molecule has 5 heterocycles. The molecule has 0 aliphatic carbocycles. The third-order valence-corrected chi connectivity index (χ3v) is 11.2. The van der Waals surface area contributed by atoms with Crippen LogP contribution in [0.5, 0.6) is 0 Å². The fourth-order valence-electron chi connectivity index (χ4n) is 6.72. The van der Waals surface area contributed by atoms with Gasteiger partial charge in [-0.15, -0.1) is 22.7 Å². The van der Waals surface area contributed by atoms with Gasteiger partial charge in [0, 0.05) is 55.0 Å². The maximum absolute atomic E-state index is 5.36. The number of thiophene rings is 2. The third-order valence-electron chi connectivity index (χ3n) is 8.76. The summed E-state index contributed by atoms with van der Waals surface area (Å²) in [6.07, 6.45) is 3.70. The minimum absolute atomic E-state index is 0.681. The molecule has 5 aromatic carbocycles. The minimum Gasteiger partial charge on any atom is -0.276 e. The van der Waals surface area contributed by atoms with Gasteiger partial charge in [0.05, 0.1) is 31.0 Å². The van der Waals surface area contributed by atoms with Crippen LogP contribution in [0, 0.1) is 0 Å². The van der Waals surface area contributed by atoms with Gasteiger partial charge in [0.15, 0.2) is 0 Å². The largest absolute Gasteiger partial charge is 0.276 e. The molecule has 45 heavy (non-hydrogen) atoms. The van der Waals surface area contributed by atoms with Crippen LogP contribution in [0.1, 0.15) is 0 Å². The normalized spacial score (nSPS) is 12.0. The van der Waals surface area contributed by atoms with Gasteiger partial charge in [-0.25, -0.2) is 9.97 Å². The minimum atomic E-state index is 0.681. The maximum atomic E-state index is 5.36. The predicted octanol–water partition coefficient (Wildman–Crippen LogP) is 11.0. The molecule has 0 fully saturated rings. The number of para-hydroxylation sites is 2. The Labute approximate surface area is 265 Å². The first kappa shape index (κ1) is 25.0. The first-order chi connectivity index (χ1) is 22.3. The Hall–Kier alpha value is -5.43. The van der Waals surface area contributed by atoms with E-state index in [1.165, 1.54) is 45.9 Å². The molecule has 0 N–H and O–H groups in total. The zero-order valence-corrected chi connectivity index (χ0v) is 25.4. The molecule has 0 amide bonds. The number of pyridine rings is 1. The molecule has 4 nitrogen and oxygen atoms in total. The summed E-state index contributed by atoms with van der Waals surface area (Å²) in [5.74, 6) is 0.681. The number of aromatic nitrogens is 4. The number of rotatable bonds is 3. The second-order valence-electron chi connectivity index (χ2n) is 11.3. The average molecular weight is 611 g/mol. The van der Waals surface area contributed by atoms with Crippen LogP contribution in [0.15, 0.2) is 134 Å².